The maximum atomic E-state index is 11.8. The third-order valence-corrected chi connectivity index (χ3v) is 7.81. The van der Waals surface area contributed by atoms with Gasteiger partial charge in [0.05, 0.1) is 29.7 Å². The molecular formula is C28H30N6O2S2. The third kappa shape index (κ3) is 5.14. The Morgan fingerprint density at radius 3 is 2.45 bits per heavy atom. The first-order valence-corrected chi connectivity index (χ1v) is 14.6. The summed E-state index contributed by atoms with van der Waals surface area (Å²) < 4.78 is 28.5. The molecule has 4 heterocycles. The monoisotopic (exact) mass is 546 g/mol. The smallest absolute Gasteiger partial charge is 0.229 e. The maximum Gasteiger partial charge on any atom is 0.229 e. The van der Waals surface area contributed by atoms with Gasteiger partial charge in [0.25, 0.3) is 0 Å². The Morgan fingerprint density at radius 2 is 1.79 bits per heavy atom. The molecule has 5 rings (SSSR count). The van der Waals surface area contributed by atoms with Gasteiger partial charge in [-0.25, -0.2) is 8.42 Å². The van der Waals surface area contributed by atoms with Gasteiger partial charge >= 0.3 is 0 Å². The van der Waals surface area contributed by atoms with E-state index in [1.807, 2.05) is 61.8 Å². The standard InChI is InChI=1S/C28H30N6O2S2/c1-18-15-22(8-9-24(18)32-38(4,35)36)34-27(26(31-28(34)37)25-7-5-6-12-30-25)23-16-19(2)33(20(23)3)17-21-10-13-29-14-11-21/h5-16,26-27,32H,17H2,1-4H3,(H,31,37)/t26-,27-/m0/s1. The van der Waals surface area contributed by atoms with E-state index in [4.69, 9.17) is 12.2 Å². The fourth-order valence-electron chi connectivity index (χ4n) is 5.10. The number of pyridine rings is 2. The van der Waals surface area contributed by atoms with Crippen molar-refractivity contribution in [3.63, 3.8) is 0 Å². The topological polar surface area (TPSA) is 92.2 Å². The van der Waals surface area contributed by atoms with E-state index in [0.717, 1.165) is 46.7 Å². The Balaban J connectivity index is 1.60. The minimum Gasteiger partial charge on any atom is -0.351 e. The number of nitrogens with one attached hydrogen (secondary N) is 2. The lowest BCUT2D eigenvalue weighted by Crippen LogP contribution is -2.29. The highest BCUT2D eigenvalue weighted by molar-refractivity contribution is 7.92. The molecule has 1 aliphatic rings. The number of sulfonamides is 1. The summed E-state index contributed by atoms with van der Waals surface area (Å²) in [6.07, 6.45) is 6.57. The van der Waals surface area contributed by atoms with Gasteiger partial charge in [0.2, 0.25) is 10.0 Å². The molecule has 1 fully saturated rings. The average molecular weight is 547 g/mol. The van der Waals surface area contributed by atoms with Crippen LogP contribution in [0.15, 0.2) is 73.2 Å². The molecule has 1 aromatic carbocycles. The number of aromatic nitrogens is 3. The van der Waals surface area contributed by atoms with Gasteiger partial charge in [-0.2, -0.15) is 0 Å². The van der Waals surface area contributed by atoms with E-state index in [2.05, 4.69) is 49.4 Å². The number of thiocarbonyl (C=S) groups is 1. The summed E-state index contributed by atoms with van der Waals surface area (Å²) in [6, 6.07) is 17.5. The van der Waals surface area contributed by atoms with Gasteiger partial charge in [0.1, 0.15) is 0 Å². The molecule has 38 heavy (non-hydrogen) atoms. The van der Waals surface area contributed by atoms with Crippen LogP contribution in [0.2, 0.25) is 0 Å². The molecule has 0 aliphatic carbocycles. The molecule has 0 amide bonds. The van der Waals surface area contributed by atoms with E-state index in [-0.39, 0.29) is 12.1 Å². The lowest BCUT2D eigenvalue weighted by molar-refractivity contribution is 0.563. The Kier molecular flexibility index (Phi) is 6.93. The molecule has 8 nitrogen and oxygen atoms in total. The van der Waals surface area contributed by atoms with Crippen molar-refractivity contribution in [1.29, 1.82) is 0 Å². The molecule has 2 atom stereocenters. The summed E-state index contributed by atoms with van der Waals surface area (Å²) in [5.41, 5.74) is 7.74. The number of benzene rings is 1. The van der Waals surface area contributed by atoms with Crippen LogP contribution >= 0.6 is 12.2 Å². The second kappa shape index (κ2) is 10.2. The Hall–Kier alpha value is -3.76. The fraction of sp³-hybridized carbons (Fsp3) is 0.250. The quantitative estimate of drug-likeness (QED) is 0.322. The van der Waals surface area contributed by atoms with Crippen LogP contribution in [0.4, 0.5) is 11.4 Å². The van der Waals surface area contributed by atoms with E-state index < -0.39 is 10.0 Å². The van der Waals surface area contributed by atoms with Gasteiger partial charge in [-0.1, -0.05) is 6.07 Å². The van der Waals surface area contributed by atoms with Gasteiger partial charge in [0, 0.05) is 42.2 Å². The summed E-state index contributed by atoms with van der Waals surface area (Å²) in [5, 5.41) is 4.10. The molecule has 10 heteroatoms. The highest BCUT2D eigenvalue weighted by Gasteiger charge is 2.42. The van der Waals surface area contributed by atoms with Crippen LogP contribution < -0.4 is 14.9 Å². The first-order valence-electron chi connectivity index (χ1n) is 12.3. The Labute approximate surface area is 228 Å². The molecule has 3 aromatic heterocycles. The SMILES string of the molecule is Cc1cc(N2C(=S)N[C@@H](c3ccccn3)[C@@H]2c2cc(C)n(Cc3ccncc3)c2C)ccc1NS(C)(=O)=O. The van der Waals surface area contributed by atoms with E-state index in [9.17, 15) is 8.42 Å². The minimum absolute atomic E-state index is 0.164. The molecule has 0 radical (unpaired) electrons. The number of aryl methyl sites for hydroxylation is 2. The van der Waals surface area contributed by atoms with Crippen molar-refractivity contribution in [1.82, 2.24) is 19.9 Å². The average Bonchev–Trinajstić information content (AvgIpc) is 3.36. The molecule has 0 spiro atoms. The largest absolute Gasteiger partial charge is 0.351 e. The Morgan fingerprint density at radius 1 is 1.03 bits per heavy atom. The molecule has 1 aliphatic heterocycles. The van der Waals surface area contributed by atoms with E-state index in [0.29, 0.717) is 10.8 Å². The highest BCUT2D eigenvalue weighted by Crippen LogP contribution is 2.44. The zero-order chi connectivity index (χ0) is 27.0. The zero-order valence-electron chi connectivity index (χ0n) is 21.7. The van der Waals surface area contributed by atoms with Gasteiger partial charge in [-0.15, -0.1) is 0 Å². The summed E-state index contributed by atoms with van der Waals surface area (Å²) in [7, 11) is -3.39. The molecule has 0 bridgehead atoms. The van der Waals surface area contributed by atoms with Crippen molar-refractivity contribution >= 4 is 38.7 Å². The zero-order valence-corrected chi connectivity index (χ0v) is 23.3. The maximum absolute atomic E-state index is 11.8. The van der Waals surface area contributed by atoms with E-state index >= 15 is 0 Å². The summed E-state index contributed by atoms with van der Waals surface area (Å²) >= 11 is 5.89. The van der Waals surface area contributed by atoms with Gasteiger partial charge in [-0.3, -0.25) is 14.7 Å². The van der Waals surface area contributed by atoms with Gasteiger partial charge < -0.3 is 14.8 Å². The molecule has 4 aromatic rings. The van der Waals surface area contributed by atoms with Crippen LogP contribution in [0.3, 0.4) is 0 Å². The first kappa shape index (κ1) is 25.9. The highest BCUT2D eigenvalue weighted by atomic mass is 32.2. The van der Waals surface area contributed by atoms with Gasteiger partial charge in [0.15, 0.2) is 5.11 Å². The van der Waals surface area contributed by atoms with Crippen molar-refractivity contribution in [2.24, 2.45) is 0 Å². The number of nitrogens with zero attached hydrogens (tertiary/aromatic N) is 4. The van der Waals surface area contributed by atoms with Crippen LogP contribution in [0.25, 0.3) is 0 Å². The number of hydrogen-bond donors (Lipinski definition) is 2. The van der Waals surface area contributed by atoms with E-state index in [1.165, 1.54) is 5.56 Å². The van der Waals surface area contributed by atoms with Crippen molar-refractivity contribution < 1.29 is 8.42 Å². The molecule has 2 N–H and O–H groups in total. The number of rotatable bonds is 7. The lowest BCUT2D eigenvalue weighted by atomic mass is 9.96. The van der Waals surface area contributed by atoms with Crippen LogP contribution in [0, 0.1) is 20.8 Å². The second-order valence-electron chi connectivity index (χ2n) is 9.64. The van der Waals surface area contributed by atoms with E-state index in [1.54, 1.807) is 12.3 Å². The van der Waals surface area contributed by atoms with Crippen molar-refractivity contribution in [3.8, 4) is 0 Å². The molecule has 196 valence electrons. The molecule has 0 saturated carbocycles. The summed E-state index contributed by atoms with van der Waals surface area (Å²) in [6.45, 7) is 6.89. The molecule has 1 saturated heterocycles. The summed E-state index contributed by atoms with van der Waals surface area (Å²) in [4.78, 5) is 10.9. The first-order chi connectivity index (χ1) is 18.1. The van der Waals surface area contributed by atoms with Crippen molar-refractivity contribution in [2.45, 2.75) is 39.4 Å². The van der Waals surface area contributed by atoms with Crippen LogP contribution in [0.5, 0.6) is 0 Å². The van der Waals surface area contributed by atoms with Gasteiger partial charge in [-0.05, 0) is 98.2 Å². The minimum atomic E-state index is -3.39. The normalized spacial score (nSPS) is 17.5. The second-order valence-corrected chi connectivity index (χ2v) is 11.8. The molecule has 0 unspecified atom stereocenters. The molecular weight excluding hydrogens is 516 g/mol. The lowest BCUT2D eigenvalue weighted by Gasteiger charge is -2.29. The summed E-state index contributed by atoms with van der Waals surface area (Å²) in [5.74, 6) is 0. The predicted octanol–water partition coefficient (Wildman–Crippen LogP) is 4.80. The van der Waals surface area contributed by atoms with Crippen LogP contribution in [0.1, 0.15) is 45.9 Å². The predicted molar refractivity (Wildman–Crippen MR) is 155 cm³/mol. The fourth-order valence-corrected chi connectivity index (χ4v) is 6.08. The third-order valence-electron chi connectivity index (χ3n) is 6.90. The van der Waals surface area contributed by atoms with Crippen molar-refractivity contribution in [2.75, 3.05) is 15.9 Å². The number of hydrogen-bond acceptors (Lipinski definition) is 5. The van der Waals surface area contributed by atoms with Crippen LogP contribution in [-0.4, -0.2) is 34.3 Å². The Bertz CT molecular complexity index is 1590. The number of anilines is 2. The van der Waals surface area contributed by atoms with Crippen LogP contribution in [-0.2, 0) is 16.6 Å². The van der Waals surface area contributed by atoms with Crippen molar-refractivity contribution in [3.05, 3.63) is 107 Å².